The van der Waals surface area contributed by atoms with Gasteiger partial charge in [0.2, 0.25) is 0 Å². The van der Waals surface area contributed by atoms with Gasteiger partial charge in [-0.2, -0.15) is 0 Å². The molecule has 0 aliphatic heterocycles. The number of rotatable bonds is 0. The quantitative estimate of drug-likeness (QED) is 0.477. The molecular weight excluding hydrogens is 204 g/mol. The van der Waals surface area contributed by atoms with Crippen LogP contribution in [0.5, 0.6) is 0 Å². The molecule has 0 heterocycles. The Hall–Kier alpha value is 0.363. The van der Waals surface area contributed by atoms with E-state index in [-0.39, 0.29) is 49.0 Å². The first-order chi connectivity index (χ1) is 3.46. The normalized spacial score (nSPS) is 4.90. The maximum atomic E-state index is 9.00. The topological polar surface area (TPSA) is 94.8 Å². The van der Waals surface area contributed by atoms with Crippen LogP contribution in [0.2, 0.25) is 0 Å². The number of carboxylic acid groups (broad SMARTS) is 3. The SMILES string of the molecule is CC(=O)O.O=C(O)O.[NaH].[Zn]. The summed E-state index contributed by atoms with van der Waals surface area (Å²) >= 11 is 0. The van der Waals surface area contributed by atoms with Gasteiger partial charge in [-0.15, -0.1) is 0 Å². The summed E-state index contributed by atoms with van der Waals surface area (Å²) in [6, 6.07) is 0. The van der Waals surface area contributed by atoms with Crippen LogP contribution in [0.4, 0.5) is 4.79 Å². The van der Waals surface area contributed by atoms with E-state index in [0.29, 0.717) is 0 Å². The van der Waals surface area contributed by atoms with Crippen molar-refractivity contribution in [1.82, 2.24) is 0 Å². The first-order valence-electron chi connectivity index (χ1n) is 1.58. The number of hydrogen-bond donors (Lipinski definition) is 3. The van der Waals surface area contributed by atoms with E-state index >= 15 is 0 Å². The zero-order valence-corrected chi connectivity index (χ0v) is 7.83. The van der Waals surface area contributed by atoms with Gasteiger partial charge in [-0.05, 0) is 0 Å². The fourth-order valence-corrected chi connectivity index (χ4v) is 0. The first-order valence-corrected chi connectivity index (χ1v) is 1.58. The third-order valence-electron chi connectivity index (χ3n) is 0. The monoisotopic (exact) mass is 210 g/mol. The summed E-state index contributed by atoms with van der Waals surface area (Å²) in [5.41, 5.74) is 0. The maximum absolute atomic E-state index is 9.00. The second-order valence-corrected chi connectivity index (χ2v) is 0.802. The molecule has 5 nitrogen and oxygen atoms in total. The van der Waals surface area contributed by atoms with E-state index in [1.165, 1.54) is 0 Å². The Labute approximate surface area is 92.5 Å². The minimum Gasteiger partial charge on any atom is 0 e. The zero-order valence-electron chi connectivity index (χ0n) is 4.87. The average Bonchev–Trinajstić information content (AvgIpc) is 1.25. The smallest absolute Gasteiger partial charge is 0 e. The number of aliphatic carboxylic acids is 1. The molecule has 0 radical (unpaired) electrons. The van der Waals surface area contributed by atoms with Gasteiger partial charge in [0, 0.05) is 26.4 Å². The second-order valence-electron chi connectivity index (χ2n) is 0.802. The van der Waals surface area contributed by atoms with Crippen LogP contribution < -0.4 is 0 Å². The van der Waals surface area contributed by atoms with Crippen molar-refractivity contribution < 1.29 is 44.4 Å². The summed E-state index contributed by atoms with van der Waals surface area (Å²) in [5.74, 6) is -0.833. The van der Waals surface area contributed by atoms with E-state index in [9.17, 15) is 0 Å². The van der Waals surface area contributed by atoms with Gasteiger partial charge in [0.1, 0.15) is 0 Å². The fraction of sp³-hybridized carbons (Fsp3) is 0.333. The zero-order chi connectivity index (χ0) is 7.15. The van der Waals surface area contributed by atoms with Gasteiger partial charge >= 0.3 is 35.7 Å². The van der Waals surface area contributed by atoms with Crippen LogP contribution in [-0.4, -0.2) is 57.0 Å². The molecule has 0 aliphatic carbocycles. The predicted molar refractivity (Wildman–Crippen MR) is 31.1 cm³/mol. The average molecular weight is 211 g/mol. The van der Waals surface area contributed by atoms with Crippen LogP contribution in [0.15, 0.2) is 0 Å². The largest absolute Gasteiger partial charge is 0 e. The van der Waals surface area contributed by atoms with E-state index in [1.54, 1.807) is 0 Å². The van der Waals surface area contributed by atoms with Crippen molar-refractivity contribution in [3.05, 3.63) is 0 Å². The second kappa shape index (κ2) is 16.2. The van der Waals surface area contributed by atoms with Crippen molar-refractivity contribution in [2.75, 3.05) is 0 Å². The summed E-state index contributed by atoms with van der Waals surface area (Å²) in [4.78, 5) is 17.6. The molecule has 0 saturated carbocycles. The Bertz CT molecular complexity index is 74.9. The molecule has 0 fully saturated rings. The number of carbonyl (C=O) groups is 2. The van der Waals surface area contributed by atoms with Gasteiger partial charge < -0.3 is 15.3 Å². The van der Waals surface area contributed by atoms with Gasteiger partial charge in [0.25, 0.3) is 5.97 Å². The summed E-state index contributed by atoms with van der Waals surface area (Å²) < 4.78 is 0. The minimum atomic E-state index is -1.83. The molecule has 0 spiro atoms. The first kappa shape index (κ1) is 22.4. The van der Waals surface area contributed by atoms with Crippen LogP contribution in [0, 0.1) is 0 Å². The van der Waals surface area contributed by atoms with Crippen LogP contribution in [-0.2, 0) is 24.3 Å². The van der Waals surface area contributed by atoms with Gasteiger partial charge in [0.05, 0.1) is 0 Å². The van der Waals surface area contributed by atoms with Crippen molar-refractivity contribution >= 4 is 41.7 Å². The fourth-order valence-electron chi connectivity index (χ4n) is 0. The summed E-state index contributed by atoms with van der Waals surface area (Å²) in [6.07, 6.45) is -1.83. The van der Waals surface area contributed by atoms with Crippen LogP contribution in [0.1, 0.15) is 6.92 Å². The summed E-state index contributed by atoms with van der Waals surface area (Å²) in [6.45, 7) is 1.08. The molecule has 52 valence electrons. The molecule has 0 unspecified atom stereocenters. The summed E-state index contributed by atoms with van der Waals surface area (Å²) in [5, 5.41) is 21.4. The minimum absolute atomic E-state index is 0. The molecule has 0 aromatic heterocycles. The molecule has 3 N–H and O–H groups in total. The predicted octanol–water partition coefficient (Wildman–Crippen LogP) is -0.338. The molecule has 0 saturated heterocycles. The van der Waals surface area contributed by atoms with Gasteiger partial charge in [-0.1, -0.05) is 0 Å². The number of hydrogen-bond acceptors (Lipinski definition) is 2. The van der Waals surface area contributed by atoms with Gasteiger partial charge in [-0.3, -0.25) is 4.79 Å². The molecule has 7 heteroatoms. The van der Waals surface area contributed by atoms with Gasteiger partial charge in [-0.25, -0.2) is 4.79 Å². The van der Waals surface area contributed by atoms with Crippen LogP contribution >= 0.6 is 0 Å². The van der Waals surface area contributed by atoms with Crippen LogP contribution in [0.3, 0.4) is 0 Å². The van der Waals surface area contributed by atoms with Gasteiger partial charge in [0.15, 0.2) is 0 Å². The molecule has 0 aliphatic rings. The van der Waals surface area contributed by atoms with E-state index in [4.69, 9.17) is 24.9 Å². The summed E-state index contributed by atoms with van der Waals surface area (Å²) in [7, 11) is 0. The van der Waals surface area contributed by atoms with Crippen LogP contribution in [0.25, 0.3) is 0 Å². The van der Waals surface area contributed by atoms with E-state index in [0.717, 1.165) is 6.92 Å². The Morgan fingerprint density at radius 3 is 1.10 bits per heavy atom. The molecule has 0 rings (SSSR count). The molecule has 0 atom stereocenters. The Kier molecular flexibility index (Phi) is 36.3. The van der Waals surface area contributed by atoms with Crippen molar-refractivity contribution in [3.8, 4) is 0 Å². The maximum Gasteiger partial charge on any atom is 0 e. The van der Waals surface area contributed by atoms with E-state index in [1.807, 2.05) is 0 Å². The molecule has 0 amide bonds. The standard InChI is InChI=1S/C2H4O2.CH2O3.Na.Zn.H/c1-2(3)4;2-1(3)4;;;/h1H3,(H,3,4);(H2,2,3,4);;;. The molecule has 0 aromatic rings. The van der Waals surface area contributed by atoms with Crippen molar-refractivity contribution in [2.45, 2.75) is 6.92 Å². The number of carboxylic acids is 1. The van der Waals surface area contributed by atoms with Crippen molar-refractivity contribution in [2.24, 2.45) is 0 Å². The Morgan fingerprint density at radius 2 is 1.10 bits per heavy atom. The van der Waals surface area contributed by atoms with Crippen molar-refractivity contribution in [1.29, 1.82) is 0 Å². The Balaban J connectivity index is -0.0000000300. The Morgan fingerprint density at radius 1 is 1.10 bits per heavy atom. The molecular formula is C3H7NaO5Zn. The molecule has 10 heavy (non-hydrogen) atoms. The molecule has 0 aromatic carbocycles. The third-order valence-corrected chi connectivity index (χ3v) is 0. The third kappa shape index (κ3) is 3430. The molecule has 0 bridgehead atoms. The van der Waals surface area contributed by atoms with E-state index in [2.05, 4.69) is 0 Å². The van der Waals surface area contributed by atoms with Crippen molar-refractivity contribution in [3.63, 3.8) is 0 Å². The van der Waals surface area contributed by atoms with E-state index < -0.39 is 12.1 Å².